The molecule has 5 heteroatoms. The molecule has 1 saturated heterocycles. The number of hydrogen-bond acceptors (Lipinski definition) is 2. The molecule has 0 N–H and O–H groups in total. The molecule has 1 aromatic carbocycles. The lowest BCUT2D eigenvalue weighted by Gasteiger charge is -2.44. The molecule has 2 nitrogen and oxygen atoms in total. The van der Waals surface area contributed by atoms with E-state index >= 15 is 0 Å². The number of alkyl halides is 3. The molecule has 2 fully saturated rings. The van der Waals surface area contributed by atoms with Crippen LogP contribution in [0.15, 0.2) is 24.3 Å². The van der Waals surface area contributed by atoms with E-state index in [1.807, 2.05) is 0 Å². The maximum Gasteiger partial charge on any atom is 0.416 e. The zero-order valence-electron chi connectivity index (χ0n) is 11.9. The van der Waals surface area contributed by atoms with Crippen molar-refractivity contribution in [2.45, 2.75) is 50.6 Å². The predicted octanol–water partition coefficient (Wildman–Crippen LogP) is 3.85. The van der Waals surface area contributed by atoms with Gasteiger partial charge in [-0.1, -0.05) is 31.0 Å². The fourth-order valence-electron chi connectivity index (χ4n) is 3.53. The molecular formula is C16H20F3NO. The second-order valence-electron chi connectivity index (χ2n) is 5.89. The Balaban J connectivity index is 1.80. The molecule has 0 aromatic heterocycles. The number of hydrogen-bond donors (Lipinski definition) is 0. The lowest BCUT2D eigenvalue weighted by molar-refractivity contribution is -0.139. The van der Waals surface area contributed by atoms with Gasteiger partial charge in [0.25, 0.3) is 0 Å². The van der Waals surface area contributed by atoms with Gasteiger partial charge in [-0.25, -0.2) is 0 Å². The highest BCUT2D eigenvalue weighted by Crippen LogP contribution is 2.34. The molecule has 0 spiro atoms. The molecule has 2 atom stereocenters. The minimum Gasteiger partial charge on any atom is -0.375 e. The van der Waals surface area contributed by atoms with Crippen molar-refractivity contribution >= 4 is 0 Å². The Morgan fingerprint density at radius 1 is 1.14 bits per heavy atom. The van der Waals surface area contributed by atoms with Gasteiger partial charge < -0.3 is 4.74 Å². The van der Waals surface area contributed by atoms with E-state index in [2.05, 4.69) is 4.90 Å². The third-order valence-electron chi connectivity index (χ3n) is 4.54. The van der Waals surface area contributed by atoms with E-state index in [1.54, 1.807) is 12.1 Å². The number of rotatable bonds is 2. The maximum absolute atomic E-state index is 13.1. The quantitative estimate of drug-likeness (QED) is 0.822. The van der Waals surface area contributed by atoms with Gasteiger partial charge in [-0.2, -0.15) is 13.2 Å². The minimum absolute atomic E-state index is 0.200. The van der Waals surface area contributed by atoms with Crippen molar-refractivity contribution in [3.63, 3.8) is 0 Å². The summed E-state index contributed by atoms with van der Waals surface area (Å²) < 4.78 is 45.1. The summed E-state index contributed by atoms with van der Waals surface area (Å²) in [6.07, 6.45) is 0.275. The van der Waals surface area contributed by atoms with Crippen molar-refractivity contribution in [2.75, 3.05) is 13.2 Å². The predicted molar refractivity (Wildman–Crippen MR) is 73.9 cm³/mol. The Labute approximate surface area is 122 Å². The standard InChI is InChI=1S/C16H20F3NO/c17-16(18,19)13-6-2-1-5-12(13)11-20-9-10-21-15-8-4-3-7-14(15)20/h1-2,5-6,14-15H,3-4,7-11H2/t14-,15-/m1/s1. The summed E-state index contributed by atoms with van der Waals surface area (Å²) >= 11 is 0. The molecule has 21 heavy (non-hydrogen) atoms. The first-order valence-electron chi connectivity index (χ1n) is 7.56. The van der Waals surface area contributed by atoms with Gasteiger partial charge in [-0.05, 0) is 24.5 Å². The monoisotopic (exact) mass is 299 g/mol. The highest BCUT2D eigenvalue weighted by atomic mass is 19.4. The Morgan fingerprint density at radius 3 is 2.71 bits per heavy atom. The van der Waals surface area contributed by atoms with Crippen LogP contribution >= 0.6 is 0 Å². The van der Waals surface area contributed by atoms with Gasteiger partial charge in [0.2, 0.25) is 0 Å². The first-order valence-corrected chi connectivity index (χ1v) is 7.56. The third-order valence-corrected chi connectivity index (χ3v) is 4.54. The molecular weight excluding hydrogens is 279 g/mol. The number of halogens is 3. The molecule has 1 heterocycles. The van der Waals surface area contributed by atoms with E-state index in [9.17, 15) is 13.2 Å². The van der Waals surface area contributed by atoms with Crippen molar-refractivity contribution < 1.29 is 17.9 Å². The largest absolute Gasteiger partial charge is 0.416 e. The highest BCUT2D eigenvalue weighted by Gasteiger charge is 2.37. The average Bonchev–Trinajstić information content (AvgIpc) is 2.47. The SMILES string of the molecule is FC(F)(F)c1ccccc1CN1CCO[C@@H]2CCCC[C@H]21. The van der Waals surface area contributed by atoms with Crippen LogP contribution in [0.3, 0.4) is 0 Å². The second kappa shape index (κ2) is 5.97. The average molecular weight is 299 g/mol. The van der Waals surface area contributed by atoms with Crippen LogP contribution < -0.4 is 0 Å². The Morgan fingerprint density at radius 2 is 1.90 bits per heavy atom. The van der Waals surface area contributed by atoms with Crippen molar-refractivity contribution in [2.24, 2.45) is 0 Å². The summed E-state index contributed by atoms with van der Waals surface area (Å²) in [5, 5.41) is 0. The van der Waals surface area contributed by atoms with E-state index in [0.29, 0.717) is 25.3 Å². The highest BCUT2D eigenvalue weighted by molar-refractivity contribution is 5.29. The molecule has 116 valence electrons. The summed E-state index contributed by atoms with van der Waals surface area (Å²) in [4.78, 5) is 2.18. The molecule has 3 rings (SSSR count). The smallest absolute Gasteiger partial charge is 0.375 e. The van der Waals surface area contributed by atoms with Gasteiger partial charge in [0.1, 0.15) is 0 Å². The molecule has 1 aliphatic heterocycles. The lowest BCUT2D eigenvalue weighted by Crippen LogP contribution is -2.52. The Hall–Kier alpha value is -1.07. The summed E-state index contributed by atoms with van der Waals surface area (Å²) in [5.74, 6) is 0. The van der Waals surface area contributed by atoms with Gasteiger partial charge in [0.15, 0.2) is 0 Å². The fraction of sp³-hybridized carbons (Fsp3) is 0.625. The van der Waals surface area contributed by atoms with E-state index in [-0.39, 0.29) is 12.1 Å². The molecule has 0 amide bonds. The van der Waals surface area contributed by atoms with Crippen molar-refractivity contribution in [1.82, 2.24) is 4.90 Å². The van der Waals surface area contributed by atoms with Crippen molar-refractivity contribution in [3.8, 4) is 0 Å². The van der Waals surface area contributed by atoms with E-state index in [4.69, 9.17) is 4.74 Å². The number of morpholine rings is 1. The van der Waals surface area contributed by atoms with Crippen molar-refractivity contribution in [3.05, 3.63) is 35.4 Å². The third kappa shape index (κ3) is 3.24. The molecule has 0 bridgehead atoms. The van der Waals surface area contributed by atoms with Crippen LogP contribution in [0, 0.1) is 0 Å². The van der Waals surface area contributed by atoms with Crippen LogP contribution in [0.25, 0.3) is 0 Å². The zero-order valence-corrected chi connectivity index (χ0v) is 11.9. The fourth-order valence-corrected chi connectivity index (χ4v) is 3.53. The normalized spacial score (nSPS) is 27.4. The van der Waals surface area contributed by atoms with Crippen LogP contribution in [0.5, 0.6) is 0 Å². The van der Waals surface area contributed by atoms with Crippen LogP contribution in [0.2, 0.25) is 0 Å². The maximum atomic E-state index is 13.1. The number of ether oxygens (including phenoxy) is 1. The number of fused-ring (bicyclic) bond motifs is 1. The van der Waals surface area contributed by atoms with Crippen molar-refractivity contribution in [1.29, 1.82) is 0 Å². The van der Waals surface area contributed by atoms with Gasteiger partial charge in [-0.3, -0.25) is 4.90 Å². The van der Waals surface area contributed by atoms with Gasteiger partial charge in [0, 0.05) is 19.1 Å². The van der Waals surface area contributed by atoms with E-state index in [0.717, 1.165) is 25.7 Å². The van der Waals surface area contributed by atoms with E-state index < -0.39 is 11.7 Å². The summed E-state index contributed by atoms with van der Waals surface area (Å²) in [6.45, 7) is 1.70. The Bertz CT molecular complexity index is 487. The van der Waals surface area contributed by atoms with Crippen LogP contribution in [0.4, 0.5) is 13.2 Å². The minimum atomic E-state index is -4.28. The Kier molecular flexibility index (Phi) is 4.22. The molecule has 2 aliphatic rings. The molecule has 0 radical (unpaired) electrons. The molecule has 1 aromatic rings. The first-order chi connectivity index (χ1) is 10.1. The van der Waals surface area contributed by atoms with E-state index in [1.165, 1.54) is 12.1 Å². The summed E-state index contributed by atoms with van der Waals surface area (Å²) in [6, 6.07) is 6.18. The van der Waals surface area contributed by atoms with Crippen LogP contribution in [-0.2, 0) is 17.5 Å². The van der Waals surface area contributed by atoms with Gasteiger partial charge >= 0.3 is 6.18 Å². The molecule has 0 unspecified atom stereocenters. The topological polar surface area (TPSA) is 12.5 Å². The number of nitrogens with zero attached hydrogens (tertiary/aromatic N) is 1. The number of benzene rings is 1. The van der Waals surface area contributed by atoms with Gasteiger partial charge in [0.05, 0.1) is 18.3 Å². The molecule has 1 saturated carbocycles. The summed E-state index contributed by atoms with van der Waals surface area (Å²) in [5.41, 5.74) is -0.139. The molecule has 1 aliphatic carbocycles. The second-order valence-corrected chi connectivity index (χ2v) is 5.89. The summed E-state index contributed by atoms with van der Waals surface area (Å²) in [7, 11) is 0. The van der Waals surface area contributed by atoms with Gasteiger partial charge in [-0.15, -0.1) is 0 Å². The van der Waals surface area contributed by atoms with Crippen LogP contribution in [0.1, 0.15) is 36.8 Å². The first kappa shape index (κ1) is 14.9. The van der Waals surface area contributed by atoms with Crippen LogP contribution in [-0.4, -0.2) is 30.2 Å². The zero-order chi connectivity index (χ0) is 14.9. The lowest BCUT2D eigenvalue weighted by atomic mass is 9.89.